The van der Waals surface area contributed by atoms with Crippen LogP contribution in [0.5, 0.6) is 5.75 Å². The van der Waals surface area contributed by atoms with Gasteiger partial charge in [0.2, 0.25) is 0 Å². The number of halogens is 3. The number of ether oxygens (including phenoxy) is 2. The first kappa shape index (κ1) is 33.5. The van der Waals surface area contributed by atoms with Crippen LogP contribution in [0.2, 0.25) is 0 Å². The first-order valence-electron chi connectivity index (χ1n) is 14.8. The van der Waals surface area contributed by atoms with Crippen molar-refractivity contribution in [1.82, 2.24) is 15.1 Å². The van der Waals surface area contributed by atoms with Gasteiger partial charge in [-0.1, -0.05) is 19.1 Å². The molecule has 47 heavy (non-hydrogen) atoms. The zero-order valence-electron chi connectivity index (χ0n) is 25.3. The monoisotopic (exact) mass is 667 g/mol. The maximum absolute atomic E-state index is 13.3. The molecule has 0 radical (unpaired) electrons. The van der Waals surface area contributed by atoms with E-state index in [1.807, 2.05) is 11.0 Å². The maximum atomic E-state index is 13.3. The van der Waals surface area contributed by atoms with Crippen LogP contribution in [0.15, 0.2) is 90.1 Å². The standard InChI is InChI=1S/C33H32F3N5O5S/c1-2-47(43,44)30-13-5-22(6-14-30)31(15-16-37)39-32(42)23-3-7-25(8-4-23)40-20-29(17-27(40)21-45-33(35)36)46-28-11-9-26(10-12-28)41-19-24(34)18-38-41/h3-14,18-19,27,29,31,33H,2,15,17,20-21H2,1H3,(H,39,42)/t27-,29-,31-/m0/s1. The van der Waals surface area contributed by atoms with E-state index in [9.17, 15) is 31.6 Å². The third-order valence-electron chi connectivity index (χ3n) is 7.83. The fourth-order valence-electron chi connectivity index (χ4n) is 5.39. The fraction of sp³-hybridized carbons (Fsp3) is 0.303. The number of alkyl halides is 2. The number of hydrogen-bond acceptors (Lipinski definition) is 8. The van der Waals surface area contributed by atoms with Crippen LogP contribution in [-0.4, -0.2) is 61.8 Å². The van der Waals surface area contributed by atoms with Crippen LogP contribution < -0.4 is 15.0 Å². The predicted octanol–water partition coefficient (Wildman–Crippen LogP) is 5.46. The van der Waals surface area contributed by atoms with E-state index < -0.39 is 40.3 Å². The average molecular weight is 668 g/mol. The summed E-state index contributed by atoms with van der Waals surface area (Å²) in [5.74, 6) is -0.401. The molecule has 3 atom stereocenters. The highest BCUT2D eigenvalue weighted by Crippen LogP contribution is 2.30. The van der Waals surface area contributed by atoms with E-state index in [2.05, 4.69) is 15.2 Å². The van der Waals surface area contributed by atoms with Crippen molar-refractivity contribution in [2.75, 3.05) is 23.8 Å². The van der Waals surface area contributed by atoms with Gasteiger partial charge in [0.1, 0.15) is 11.9 Å². The first-order valence-corrected chi connectivity index (χ1v) is 16.5. The van der Waals surface area contributed by atoms with Gasteiger partial charge in [0, 0.05) is 17.7 Å². The number of anilines is 1. The van der Waals surface area contributed by atoms with Crippen LogP contribution in [-0.2, 0) is 14.6 Å². The molecule has 0 aliphatic carbocycles. The van der Waals surface area contributed by atoms with Gasteiger partial charge in [0.05, 0.1) is 66.5 Å². The second-order valence-corrected chi connectivity index (χ2v) is 13.2. The van der Waals surface area contributed by atoms with E-state index in [0.717, 1.165) is 6.20 Å². The largest absolute Gasteiger partial charge is 0.489 e. The normalized spacial score (nSPS) is 17.0. The Bertz CT molecular complexity index is 1810. The number of nitriles is 1. The van der Waals surface area contributed by atoms with Crippen LogP contribution in [0.4, 0.5) is 18.9 Å². The van der Waals surface area contributed by atoms with Gasteiger partial charge in [0.25, 0.3) is 5.91 Å². The summed E-state index contributed by atoms with van der Waals surface area (Å²) < 4.78 is 75.7. The maximum Gasteiger partial charge on any atom is 0.345 e. The first-order chi connectivity index (χ1) is 22.6. The van der Waals surface area contributed by atoms with E-state index in [4.69, 9.17) is 4.74 Å². The number of rotatable bonds is 13. The van der Waals surface area contributed by atoms with E-state index >= 15 is 0 Å². The molecule has 4 aromatic rings. The molecular weight excluding hydrogens is 635 g/mol. The molecule has 10 nitrogen and oxygen atoms in total. The Balaban J connectivity index is 1.26. The minimum Gasteiger partial charge on any atom is -0.489 e. The van der Waals surface area contributed by atoms with E-state index in [0.29, 0.717) is 41.2 Å². The lowest BCUT2D eigenvalue weighted by Gasteiger charge is -2.26. The Morgan fingerprint density at radius 3 is 2.34 bits per heavy atom. The van der Waals surface area contributed by atoms with Gasteiger partial charge in [-0.05, 0) is 66.2 Å². The molecule has 1 aliphatic rings. The minimum atomic E-state index is -3.39. The minimum absolute atomic E-state index is 0.0325. The SMILES string of the molecule is CCS(=O)(=O)c1ccc([C@H](CC#N)NC(=O)c2ccc(N3C[C@@H](Oc4ccc(-n5cc(F)cn5)cc4)C[C@H]3COC(F)F)cc2)cc1. The van der Waals surface area contributed by atoms with Crippen molar-refractivity contribution in [2.24, 2.45) is 0 Å². The van der Waals surface area contributed by atoms with Crippen LogP contribution in [0.3, 0.4) is 0 Å². The number of nitrogens with zero attached hydrogens (tertiary/aromatic N) is 4. The number of hydrogen-bond donors (Lipinski definition) is 1. The third kappa shape index (κ3) is 8.30. The number of aromatic nitrogens is 2. The van der Waals surface area contributed by atoms with Gasteiger partial charge in [-0.25, -0.2) is 17.5 Å². The average Bonchev–Trinajstić information content (AvgIpc) is 3.69. The number of benzene rings is 3. The van der Waals surface area contributed by atoms with Crippen molar-refractivity contribution in [2.45, 2.75) is 49.5 Å². The Kier molecular flexibility index (Phi) is 10.5. The summed E-state index contributed by atoms with van der Waals surface area (Å²) in [5.41, 5.74) is 2.21. The van der Waals surface area contributed by atoms with Crippen LogP contribution in [0.25, 0.3) is 5.69 Å². The summed E-state index contributed by atoms with van der Waals surface area (Å²) in [7, 11) is -3.39. The predicted molar refractivity (Wildman–Crippen MR) is 167 cm³/mol. The molecule has 0 unspecified atom stereocenters. The molecular formula is C33H32F3N5O5S. The number of carbonyl (C=O) groups excluding carboxylic acids is 1. The van der Waals surface area contributed by atoms with Gasteiger partial charge in [-0.3, -0.25) is 4.79 Å². The summed E-state index contributed by atoms with van der Waals surface area (Å²) in [6, 6.07) is 20.5. The topological polar surface area (TPSA) is 127 Å². The molecule has 3 aromatic carbocycles. The quantitative estimate of drug-likeness (QED) is 0.199. The highest BCUT2D eigenvalue weighted by Gasteiger charge is 2.34. The van der Waals surface area contributed by atoms with Gasteiger partial charge in [-0.2, -0.15) is 19.1 Å². The summed E-state index contributed by atoms with van der Waals surface area (Å²) in [6.07, 6.45) is 2.36. The Morgan fingerprint density at radius 1 is 1.06 bits per heavy atom. The molecule has 0 saturated carbocycles. The third-order valence-corrected chi connectivity index (χ3v) is 9.58. The molecule has 1 aliphatic heterocycles. The molecule has 1 fully saturated rings. The molecule has 2 heterocycles. The van der Waals surface area contributed by atoms with Crippen LogP contribution in [0, 0.1) is 17.1 Å². The van der Waals surface area contributed by atoms with Crippen molar-refractivity contribution in [3.63, 3.8) is 0 Å². The molecule has 1 aromatic heterocycles. The van der Waals surface area contributed by atoms with Crippen molar-refractivity contribution < 1.29 is 35.9 Å². The van der Waals surface area contributed by atoms with E-state index in [-0.39, 0.29) is 29.8 Å². The molecule has 0 bridgehead atoms. The van der Waals surface area contributed by atoms with Gasteiger partial charge >= 0.3 is 6.61 Å². The van der Waals surface area contributed by atoms with Crippen molar-refractivity contribution in [3.8, 4) is 17.5 Å². The zero-order valence-corrected chi connectivity index (χ0v) is 26.1. The summed E-state index contributed by atoms with van der Waals surface area (Å²) in [4.78, 5) is 15.2. The van der Waals surface area contributed by atoms with Gasteiger partial charge in [-0.15, -0.1) is 0 Å². The summed E-state index contributed by atoms with van der Waals surface area (Å²) in [5, 5.41) is 16.1. The second kappa shape index (κ2) is 14.7. The lowest BCUT2D eigenvalue weighted by molar-refractivity contribution is -0.131. The van der Waals surface area contributed by atoms with E-state index in [1.54, 1.807) is 67.6 Å². The molecule has 1 N–H and O–H groups in total. The molecule has 5 rings (SSSR count). The highest BCUT2D eigenvalue weighted by molar-refractivity contribution is 7.91. The molecule has 246 valence electrons. The molecule has 1 amide bonds. The lowest BCUT2D eigenvalue weighted by Crippen LogP contribution is -2.34. The fourth-order valence-corrected chi connectivity index (χ4v) is 6.28. The number of sulfone groups is 1. The Morgan fingerprint density at radius 2 is 1.74 bits per heavy atom. The van der Waals surface area contributed by atoms with Gasteiger partial charge in [0.15, 0.2) is 15.7 Å². The molecule has 0 spiro atoms. The summed E-state index contributed by atoms with van der Waals surface area (Å²) in [6.45, 7) is -1.26. The highest BCUT2D eigenvalue weighted by atomic mass is 32.2. The van der Waals surface area contributed by atoms with Crippen molar-refractivity contribution in [3.05, 3.63) is 102 Å². The molecule has 1 saturated heterocycles. The van der Waals surface area contributed by atoms with Gasteiger partial charge < -0.3 is 19.7 Å². The zero-order chi connectivity index (χ0) is 33.6. The molecule has 14 heteroatoms. The van der Waals surface area contributed by atoms with E-state index in [1.165, 1.54) is 23.0 Å². The van der Waals surface area contributed by atoms with Crippen molar-refractivity contribution >= 4 is 21.4 Å². The van der Waals surface area contributed by atoms with Crippen LogP contribution >= 0.6 is 0 Å². The lowest BCUT2D eigenvalue weighted by atomic mass is 10.0. The Hall–Kier alpha value is -4.87. The second-order valence-electron chi connectivity index (χ2n) is 10.9. The smallest absolute Gasteiger partial charge is 0.345 e. The van der Waals surface area contributed by atoms with Crippen molar-refractivity contribution in [1.29, 1.82) is 5.26 Å². The summed E-state index contributed by atoms with van der Waals surface area (Å²) >= 11 is 0. The number of amides is 1. The van der Waals surface area contributed by atoms with Crippen LogP contribution in [0.1, 0.15) is 41.7 Å². The number of nitrogens with one attached hydrogen (secondary N) is 1. The number of carbonyl (C=O) groups is 1. The Labute approximate surface area is 270 Å².